The van der Waals surface area contributed by atoms with E-state index in [0.717, 1.165) is 4.31 Å². The minimum atomic E-state index is -3.82. The number of nitrogens with zero attached hydrogens (tertiary/aromatic N) is 1. The molecule has 0 atom stereocenters. The van der Waals surface area contributed by atoms with Crippen LogP contribution in [0.2, 0.25) is 10.0 Å². The fraction of sp³-hybridized carbons (Fsp3) is 0.364. The van der Waals surface area contributed by atoms with E-state index in [2.05, 4.69) is 5.32 Å². The van der Waals surface area contributed by atoms with Crippen LogP contribution in [-0.4, -0.2) is 38.3 Å². The Hall–Kier alpha value is -0.820. The summed E-state index contributed by atoms with van der Waals surface area (Å²) in [7, 11) is -3.82. The Bertz CT molecular complexity index is 604. The lowest BCUT2D eigenvalue weighted by atomic mass is 10.4. The summed E-state index contributed by atoms with van der Waals surface area (Å²) in [5.74, 6) is -0.320. The first kappa shape index (κ1) is 14.6. The van der Waals surface area contributed by atoms with Crippen molar-refractivity contribution in [1.82, 2.24) is 9.62 Å². The first-order chi connectivity index (χ1) is 8.93. The molecule has 1 aromatic carbocycles. The maximum absolute atomic E-state index is 12.5. The highest BCUT2D eigenvalue weighted by molar-refractivity contribution is 7.89. The Balaban J connectivity index is 2.41. The van der Waals surface area contributed by atoms with E-state index in [9.17, 15) is 13.2 Å². The highest BCUT2D eigenvalue weighted by atomic mass is 35.5. The van der Waals surface area contributed by atoms with Gasteiger partial charge in [-0.05, 0) is 18.6 Å². The lowest BCUT2D eigenvalue weighted by Gasteiger charge is -2.19. The Morgan fingerprint density at radius 2 is 2.00 bits per heavy atom. The molecule has 8 heteroatoms. The van der Waals surface area contributed by atoms with Gasteiger partial charge in [0.2, 0.25) is 15.9 Å². The molecule has 1 saturated heterocycles. The fourth-order valence-electron chi connectivity index (χ4n) is 1.81. The average molecular weight is 323 g/mol. The minimum Gasteiger partial charge on any atom is -0.355 e. The van der Waals surface area contributed by atoms with Gasteiger partial charge >= 0.3 is 0 Å². The van der Waals surface area contributed by atoms with E-state index < -0.39 is 10.0 Å². The molecular weight excluding hydrogens is 311 g/mol. The van der Waals surface area contributed by atoms with Crippen molar-refractivity contribution in [3.05, 3.63) is 28.2 Å². The molecule has 0 saturated carbocycles. The zero-order valence-corrected chi connectivity index (χ0v) is 12.2. The van der Waals surface area contributed by atoms with Crippen molar-refractivity contribution in [3.8, 4) is 0 Å². The van der Waals surface area contributed by atoms with Gasteiger partial charge in [0.05, 0.1) is 16.6 Å². The highest BCUT2D eigenvalue weighted by Crippen LogP contribution is 2.31. The van der Waals surface area contributed by atoms with E-state index in [-0.39, 0.29) is 33.9 Å². The molecule has 1 aromatic rings. The molecule has 1 aliphatic heterocycles. The molecule has 0 spiro atoms. The summed E-state index contributed by atoms with van der Waals surface area (Å²) in [6.45, 7) is 0.531. The Morgan fingerprint density at radius 1 is 1.26 bits per heavy atom. The van der Waals surface area contributed by atoms with E-state index in [1.165, 1.54) is 18.2 Å². The highest BCUT2D eigenvalue weighted by Gasteiger charge is 2.30. The summed E-state index contributed by atoms with van der Waals surface area (Å²) in [6, 6.07) is 4.41. The fourth-order valence-corrected chi connectivity index (χ4v) is 3.98. The van der Waals surface area contributed by atoms with Crippen LogP contribution in [-0.2, 0) is 14.8 Å². The molecule has 1 aliphatic rings. The summed E-state index contributed by atoms with van der Waals surface area (Å²) in [5.41, 5.74) is 0. The molecule has 1 fully saturated rings. The van der Waals surface area contributed by atoms with Crippen LogP contribution in [0.15, 0.2) is 23.1 Å². The second-order valence-corrected chi connectivity index (χ2v) is 6.79. The van der Waals surface area contributed by atoms with Crippen LogP contribution < -0.4 is 5.32 Å². The zero-order chi connectivity index (χ0) is 14.0. The summed E-state index contributed by atoms with van der Waals surface area (Å²) < 4.78 is 26.0. The molecule has 19 heavy (non-hydrogen) atoms. The molecule has 1 N–H and O–H groups in total. The van der Waals surface area contributed by atoms with Gasteiger partial charge in [0, 0.05) is 13.1 Å². The molecule has 0 unspecified atom stereocenters. The van der Waals surface area contributed by atoms with Gasteiger partial charge in [-0.1, -0.05) is 29.3 Å². The standard InChI is InChI=1S/C11H12Cl2N2O3S/c12-8-3-1-4-9(11(8)13)19(17,18)15-6-2-5-14-10(16)7-15/h1,3-4H,2,5-7H2,(H,14,16). The van der Waals surface area contributed by atoms with Crippen molar-refractivity contribution in [2.75, 3.05) is 19.6 Å². The molecule has 5 nitrogen and oxygen atoms in total. The molecule has 1 amide bonds. The molecule has 104 valence electrons. The van der Waals surface area contributed by atoms with Crippen molar-refractivity contribution in [2.45, 2.75) is 11.3 Å². The number of hydrogen-bond acceptors (Lipinski definition) is 3. The zero-order valence-electron chi connectivity index (χ0n) is 9.90. The number of rotatable bonds is 2. The van der Waals surface area contributed by atoms with Gasteiger partial charge in [-0.3, -0.25) is 4.79 Å². The van der Waals surface area contributed by atoms with Gasteiger partial charge in [-0.15, -0.1) is 0 Å². The quantitative estimate of drug-likeness (QED) is 0.897. The topological polar surface area (TPSA) is 66.5 Å². The summed E-state index contributed by atoms with van der Waals surface area (Å²) in [6.07, 6.45) is 0.559. The average Bonchev–Trinajstić information content (AvgIpc) is 2.57. The second kappa shape index (κ2) is 5.66. The van der Waals surface area contributed by atoms with Crippen LogP contribution in [0.5, 0.6) is 0 Å². The van der Waals surface area contributed by atoms with Gasteiger partial charge in [-0.2, -0.15) is 4.31 Å². The third-order valence-corrected chi connectivity index (χ3v) is 5.58. The van der Waals surface area contributed by atoms with Crippen LogP contribution in [0.1, 0.15) is 6.42 Å². The number of hydrogen-bond donors (Lipinski definition) is 1. The van der Waals surface area contributed by atoms with Crippen LogP contribution >= 0.6 is 23.2 Å². The van der Waals surface area contributed by atoms with E-state index in [1.54, 1.807) is 0 Å². The van der Waals surface area contributed by atoms with E-state index in [1.807, 2.05) is 0 Å². The van der Waals surface area contributed by atoms with E-state index in [0.29, 0.717) is 13.0 Å². The monoisotopic (exact) mass is 322 g/mol. The number of carbonyl (C=O) groups is 1. The smallest absolute Gasteiger partial charge is 0.245 e. The van der Waals surface area contributed by atoms with Crippen LogP contribution in [0.25, 0.3) is 0 Å². The van der Waals surface area contributed by atoms with Crippen LogP contribution in [0.4, 0.5) is 0 Å². The minimum absolute atomic E-state index is 0.0196. The number of halogens is 2. The molecule has 1 heterocycles. The summed E-state index contributed by atoms with van der Waals surface area (Å²) in [5, 5.41) is 2.77. The van der Waals surface area contributed by atoms with Crippen LogP contribution in [0, 0.1) is 0 Å². The molecule has 0 aliphatic carbocycles. The van der Waals surface area contributed by atoms with Gasteiger partial charge in [-0.25, -0.2) is 8.42 Å². The molecule has 2 rings (SSSR count). The molecular formula is C11H12Cl2N2O3S. The SMILES string of the molecule is O=C1CN(S(=O)(=O)c2cccc(Cl)c2Cl)CCCN1. The van der Waals surface area contributed by atoms with E-state index in [4.69, 9.17) is 23.2 Å². The Labute approximate surface area is 121 Å². The summed E-state index contributed by atoms with van der Waals surface area (Å²) >= 11 is 11.8. The number of sulfonamides is 1. The van der Waals surface area contributed by atoms with Gasteiger partial charge < -0.3 is 5.32 Å². The van der Waals surface area contributed by atoms with Crippen molar-refractivity contribution < 1.29 is 13.2 Å². The third-order valence-electron chi connectivity index (χ3n) is 2.76. The maximum Gasteiger partial charge on any atom is 0.245 e. The van der Waals surface area contributed by atoms with Crippen LogP contribution in [0.3, 0.4) is 0 Å². The molecule has 0 bridgehead atoms. The maximum atomic E-state index is 12.5. The number of carbonyl (C=O) groups excluding carboxylic acids is 1. The van der Waals surface area contributed by atoms with Crippen molar-refractivity contribution in [2.24, 2.45) is 0 Å². The first-order valence-electron chi connectivity index (χ1n) is 5.64. The number of benzene rings is 1. The number of amides is 1. The predicted octanol–water partition coefficient (Wildman–Crippen LogP) is 1.50. The van der Waals surface area contributed by atoms with Gasteiger partial charge in [0.25, 0.3) is 0 Å². The Morgan fingerprint density at radius 3 is 2.74 bits per heavy atom. The largest absolute Gasteiger partial charge is 0.355 e. The lowest BCUT2D eigenvalue weighted by molar-refractivity contribution is -0.120. The number of nitrogens with one attached hydrogen (secondary N) is 1. The normalized spacial score (nSPS) is 17.9. The first-order valence-corrected chi connectivity index (χ1v) is 7.83. The third kappa shape index (κ3) is 3.02. The van der Waals surface area contributed by atoms with Crippen molar-refractivity contribution >= 4 is 39.1 Å². The van der Waals surface area contributed by atoms with Gasteiger partial charge in [0.1, 0.15) is 4.90 Å². The van der Waals surface area contributed by atoms with Gasteiger partial charge in [0.15, 0.2) is 0 Å². The van der Waals surface area contributed by atoms with Crippen molar-refractivity contribution in [3.63, 3.8) is 0 Å². The second-order valence-electron chi connectivity index (χ2n) is 4.09. The molecule has 0 radical (unpaired) electrons. The molecule has 0 aromatic heterocycles. The Kier molecular flexibility index (Phi) is 4.35. The summed E-state index contributed by atoms with van der Waals surface area (Å²) in [4.78, 5) is 11.4. The van der Waals surface area contributed by atoms with E-state index >= 15 is 0 Å². The lowest BCUT2D eigenvalue weighted by Crippen LogP contribution is -2.37. The van der Waals surface area contributed by atoms with Crippen molar-refractivity contribution in [1.29, 1.82) is 0 Å². The predicted molar refractivity (Wildman–Crippen MR) is 72.8 cm³/mol.